The highest BCUT2D eigenvalue weighted by molar-refractivity contribution is 5.87. The normalized spacial score (nSPS) is 34.4. The van der Waals surface area contributed by atoms with E-state index in [4.69, 9.17) is 18.9 Å². The molecule has 2 rings (SSSR count). The fourth-order valence-electron chi connectivity index (χ4n) is 5.35. The van der Waals surface area contributed by atoms with Crippen LogP contribution in [0.5, 0.6) is 0 Å². The van der Waals surface area contributed by atoms with Crippen molar-refractivity contribution >= 4 is 5.97 Å². The van der Waals surface area contributed by atoms with Gasteiger partial charge in [0.05, 0.1) is 32.0 Å². The number of hydrogen-bond donors (Lipinski definition) is 8. The lowest BCUT2D eigenvalue weighted by atomic mass is 9.95. The first kappa shape index (κ1) is 41.1. The van der Waals surface area contributed by atoms with Crippen molar-refractivity contribution in [2.24, 2.45) is 0 Å². The minimum Gasteiger partial charge on any atom is -0.466 e. The fraction of sp³-hybridized carbons (Fsp3) is 0.727. The maximum atomic E-state index is 11.5. The molecule has 2 heterocycles. The molecule has 8 N–H and O–H groups in total. The number of methoxy groups -OCH3 is 1. The molecule has 2 fully saturated rings. The summed E-state index contributed by atoms with van der Waals surface area (Å²) in [6.45, 7) is 9.75. The van der Waals surface area contributed by atoms with Crippen LogP contribution in [0.1, 0.15) is 59.8 Å². The van der Waals surface area contributed by atoms with Crippen LogP contribution < -0.4 is 0 Å². The second kappa shape index (κ2) is 19.2. The summed E-state index contributed by atoms with van der Waals surface area (Å²) in [7, 11) is 1.29. The van der Waals surface area contributed by atoms with Gasteiger partial charge in [0.2, 0.25) is 0 Å². The highest BCUT2D eigenvalue weighted by Crippen LogP contribution is 2.33. The molecule has 14 heteroatoms. The van der Waals surface area contributed by atoms with Crippen LogP contribution in [0.4, 0.5) is 0 Å². The number of aliphatic hydroxyl groups excluding tert-OH is 8. The monoisotopic (exact) mass is 674 g/mol. The van der Waals surface area contributed by atoms with Gasteiger partial charge in [-0.3, -0.25) is 0 Å². The van der Waals surface area contributed by atoms with Gasteiger partial charge in [-0.05, 0) is 65.9 Å². The van der Waals surface area contributed by atoms with Gasteiger partial charge in [0.15, 0.2) is 12.6 Å². The summed E-state index contributed by atoms with van der Waals surface area (Å²) in [5.74, 6) is -0.484. The number of rotatable bonds is 17. The molecule has 0 radical (unpaired) electrons. The molecule has 0 aliphatic carbocycles. The number of ether oxygens (including phenoxy) is 5. The smallest absolute Gasteiger partial charge is 0.333 e. The fourth-order valence-corrected chi connectivity index (χ4v) is 5.35. The molecule has 2 saturated heterocycles. The zero-order valence-electron chi connectivity index (χ0n) is 27.8. The maximum absolute atomic E-state index is 11.5. The lowest BCUT2D eigenvalue weighted by Gasteiger charge is -2.47. The van der Waals surface area contributed by atoms with Gasteiger partial charge < -0.3 is 64.5 Å². The van der Waals surface area contributed by atoms with Gasteiger partial charge in [0.1, 0.15) is 48.8 Å². The van der Waals surface area contributed by atoms with E-state index in [1.165, 1.54) is 13.2 Å². The lowest BCUT2D eigenvalue weighted by Crippen LogP contribution is -2.65. The van der Waals surface area contributed by atoms with E-state index in [2.05, 4.69) is 11.3 Å². The summed E-state index contributed by atoms with van der Waals surface area (Å²) in [6, 6.07) is 0. The Hall–Kier alpha value is -2.05. The predicted octanol–water partition coefficient (Wildman–Crippen LogP) is -0.105. The Morgan fingerprint density at radius 2 is 1.45 bits per heavy atom. The first-order valence-corrected chi connectivity index (χ1v) is 15.8. The van der Waals surface area contributed by atoms with Gasteiger partial charge in [-0.2, -0.15) is 0 Å². The Kier molecular flexibility index (Phi) is 16.8. The van der Waals surface area contributed by atoms with Gasteiger partial charge in [-0.1, -0.05) is 29.4 Å². The second-order valence-electron chi connectivity index (χ2n) is 12.4. The van der Waals surface area contributed by atoms with Crippen molar-refractivity contribution in [3.05, 3.63) is 47.6 Å². The van der Waals surface area contributed by atoms with E-state index in [0.717, 1.165) is 24.0 Å². The SMILES string of the molecule is C=CC(C)(CC/C=C(\C)CC/C=C(\C)CC(O)/C=C(\C)C(=O)OC)O[C@@H]1O[C@H](CO)[C@@H](O)[C@H](O)[C@H]1O[C@@H]1O[C@H](CO)[C@@H](O)[C@H](O)[C@H]1O. The van der Waals surface area contributed by atoms with Crippen LogP contribution in [0.2, 0.25) is 0 Å². The number of carbonyl (C=O) groups excluding carboxylic acids is 1. The molecule has 47 heavy (non-hydrogen) atoms. The van der Waals surface area contributed by atoms with Gasteiger partial charge in [0.25, 0.3) is 0 Å². The van der Waals surface area contributed by atoms with Crippen LogP contribution in [0.15, 0.2) is 47.6 Å². The molecule has 0 aromatic heterocycles. The molecule has 0 spiro atoms. The average molecular weight is 675 g/mol. The third kappa shape index (κ3) is 11.8. The third-order valence-corrected chi connectivity index (χ3v) is 8.43. The number of aliphatic hydroxyl groups is 8. The van der Waals surface area contributed by atoms with E-state index in [1.54, 1.807) is 19.9 Å². The topological polar surface area (TPSA) is 225 Å². The Bertz CT molecular complexity index is 1090. The van der Waals surface area contributed by atoms with Crippen molar-refractivity contribution in [3.8, 4) is 0 Å². The van der Waals surface area contributed by atoms with E-state index >= 15 is 0 Å². The summed E-state index contributed by atoms with van der Waals surface area (Å²) in [6.07, 6.45) is -6.28. The molecule has 12 atom stereocenters. The van der Waals surface area contributed by atoms with Crippen LogP contribution in [-0.2, 0) is 28.5 Å². The van der Waals surface area contributed by atoms with E-state index in [1.807, 2.05) is 26.0 Å². The summed E-state index contributed by atoms with van der Waals surface area (Å²) >= 11 is 0. The highest BCUT2D eigenvalue weighted by atomic mass is 16.8. The Labute approximate surface area is 276 Å². The van der Waals surface area contributed by atoms with Crippen LogP contribution in [0.25, 0.3) is 0 Å². The molecular formula is C33H54O14. The molecule has 270 valence electrons. The summed E-state index contributed by atoms with van der Waals surface area (Å²) in [5.41, 5.74) is 1.38. The molecule has 0 bridgehead atoms. The molecule has 2 aliphatic rings. The van der Waals surface area contributed by atoms with Crippen LogP contribution in [0.3, 0.4) is 0 Å². The minimum atomic E-state index is -1.77. The first-order valence-electron chi connectivity index (χ1n) is 15.8. The highest BCUT2D eigenvalue weighted by Gasteiger charge is 2.51. The quantitative estimate of drug-likeness (QED) is 0.0573. The molecule has 0 aromatic carbocycles. The molecule has 14 nitrogen and oxygen atoms in total. The van der Waals surface area contributed by atoms with Crippen molar-refractivity contribution in [1.29, 1.82) is 0 Å². The van der Waals surface area contributed by atoms with Gasteiger partial charge >= 0.3 is 5.97 Å². The summed E-state index contributed by atoms with van der Waals surface area (Å²) in [4.78, 5) is 11.5. The van der Waals surface area contributed by atoms with E-state index < -0.39 is 92.3 Å². The van der Waals surface area contributed by atoms with E-state index in [9.17, 15) is 45.6 Å². The summed E-state index contributed by atoms with van der Waals surface area (Å²) in [5, 5.41) is 81.6. The van der Waals surface area contributed by atoms with Crippen LogP contribution in [-0.4, -0.2) is 140 Å². The zero-order valence-corrected chi connectivity index (χ0v) is 27.8. The van der Waals surface area contributed by atoms with Gasteiger partial charge in [0, 0.05) is 5.57 Å². The Morgan fingerprint density at radius 3 is 2.02 bits per heavy atom. The van der Waals surface area contributed by atoms with E-state index in [-0.39, 0.29) is 0 Å². The lowest BCUT2D eigenvalue weighted by molar-refractivity contribution is -0.375. The zero-order chi connectivity index (χ0) is 35.5. The molecular weight excluding hydrogens is 620 g/mol. The van der Waals surface area contributed by atoms with Crippen LogP contribution in [0, 0.1) is 0 Å². The Balaban J connectivity index is 2.04. The molecule has 2 aliphatic heterocycles. The van der Waals surface area contributed by atoms with Gasteiger partial charge in [-0.25, -0.2) is 4.79 Å². The molecule has 0 saturated carbocycles. The first-order chi connectivity index (χ1) is 22.1. The van der Waals surface area contributed by atoms with Crippen molar-refractivity contribution in [1.82, 2.24) is 0 Å². The standard InChI is InChI=1S/C33H54O14/c1-7-33(5,13-9-12-18(2)10-8-11-19(3)14-21(36)15-20(4)30(42)43-6)47-32-29(27(40)25(38)23(17-35)45-32)46-31-28(41)26(39)24(37)22(16-34)44-31/h7,11-12,15,21-29,31-32,34-41H,1,8-10,13-14,16-17H2,2-6H3/b18-12+,19-11+,20-15+/t21?,22-,23-,24-,25-,26+,27+,28-,29-,31+,32+,33?/m1/s1. The number of allylic oxidation sites excluding steroid dienone is 3. The second-order valence-corrected chi connectivity index (χ2v) is 12.4. The van der Waals surface area contributed by atoms with E-state index in [0.29, 0.717) is 24.8 Å². The van der Waals surface area contributed by atoms with Crippen molar-refractivity contribution in [2.45, 2.75) is 133 Å². The predicted molar refractivity (Wildman–Crippen MR) is 168 cm³/mol. The third-order valence-electron chi connectivity index (χ3n) is 8.43. The maximum Gasteiger partial charge on any atom is 0.333 e. The van der Waals surface area contributed by atoms with Crippen molar-refractivity contribution < 1.29 is 69.3 Å². The van der Waals surface area contributed by atoms with Gasteiger partial charge in [-0.15, -0.1) is 6.58 Å². The number of hydrogen-bond acceptors (Lipinski definition) is 14. The molecule has 0 amide bonds. The van der Waals surface area contributed by atoms with Crippen molar-refractivity contribution in [2.75, 3.05) is 20.3 Å². The average Bonchev–Trinajstić information content (AvgIpc) is 3.03. The molecule has 0 aromatic rings. The Morgan fingerprint density at radius 1 is 0.872 bits per heavy atom. The largest absolute Gasteiger partial charge is 0.466 e. The number of esters is 1. The number of carbonyl (C=O) groups is 1. The minimum absolute atomic E-state index is 0.343. The summed E-state index contributed by atoms with van der Waals surface area (Å²) < 4.78 is 27.8. The molecule has 2 unspecified atom stereocenters. The van der Waals surface area contributed by atoms with Crippen molar-refractivity contribution in [3.63, 3.8) is 0 Å². The van der Waals surface area contributed by atoms with Crippen LogP contribution >= 0.6 is 0 Å².